The van der Waals surface area contributed by atoms with Gasteiger partial charge in [-0.15, -0.1) is 0 Å². The molecule has 0 amide bonds. The molecule has 1 heterocycles. The average molecular weight is 424 g/mol. The molecule has 0 N–H and O–H groups in total. The smallest absolute Gasteiger partial charge is 0.351 e. The van der Waals surface area contributed by atoms with Gasteiger partial charge in [0.05, 0.1) is 24.8 Å². The van der Waals surface area contributed by atoms with Crippen LogP contribution in [0.15, 0.2) is 62.9 Å². The molecule has 0 radical (unpaired) electrons. The van der Waals surface area contributed by atoms with Crippen LogP contribution in [-0.2, 0) is 19.4 Å². The Labute approximate surface area is 153 Å². The van der Waals surface area contributed by atoms with Gasteiger partial charge in [0.2, 0.25) is 9.84 Å². The molecule has 0 fully saturated rings. The number of fused-ring (bicyclic) bond motifs is 1. The summed E-state index contributed by atoms with van der Waals surface area (Å²) in [4.78, 5) is 13.3. The number of carbonyl (C=O) groups is 1. The number of ether oxygens (including phenoxy) is 2. The fourth-order valence-electron chi connectivity index (χ4n) is 2.52. The fourth-order valence-corrected chi connectivity index (χ4v) is 4.33. The summed E-state index contributed by atoms with van der Waals surface area (Å²) in [6, 6.07) is 11.8. The fraction of sp³-hybridized carbons (Fsp3) is 0.118. The highest BCUT2D eigenvalue weighted by Gasteiger charge is 2.36. The van der Waals surface area contributed by atoms with Crippen molar-refractivity contribution in [2.24, 2.45) is 0 Å². The minimum Gasteiger partial charge on any atom is -0.497 e. The van der Waals surface area contributed by atoms with Crippen molar-refractivity contribution in [3.8, 4) is 5.75 Å². The minimum absolute atomic E-state index is 0.0291. The van der Waals surface area contributed by atoms with E-state index in [0.717, 1.165) is 7.11 Å². The van der Waals surface area contributed by atoms with Gasteiger partial charge in [-0.1, -0.05) is 22.0 Å². The van der Waals surface area contributed by atoms with Crippen LogP contribution in [0.3, 0.4) is 0 Å². The van der Waals surface area contributed by atoms with Gasteiger partial charge in [-0.3, -0.25) is 0 Å². The molecule has 0 bridgehead atoms. The standard InChI is InChI=1S/C17H14BrNO5S/c1-23-13-5-3-4-12(9-13)19-10-16(17(20)24-2)25(21,22)15-7-6-11(18)8-14(15)19/h3-10H,1-2H3. The van der Waals surface area contributed by atoms with Crippen LogP contribution in [0.1, 0.15) is 0 Å². The maximum atomic E-state index is 12.8. The summed E-state index contributed by atoms with van der Waals surface area (Å²) in [5.74, 6) is -0.308. The minimum atomic E-state index is -3.97. The Morgan fingerprint density at radius 2 is 1.88 bits per heavy atom. The molecule has 130 valence electrons. The van der Waals surface area contributed by atoms with Gasteiger partial charge < -0.3 is 14.4 Å². The van der Waals surface area contributed by atoms with Gasteiger partial charge in [0.1, 0.15) is 5.75 Å². The van der Waals surface area contributed by atoms with Crippen LogP contribution < -0.4 is 9.64 Å². The lowest BCUT2D eigenvalue weighted by Gasteiger charge is -2.28. The van der Waals surface area contributed by atoms with Gasteiger partial charge in [-0.05, 0) is 30.3 Å². The lowest BCUT2D eigenvalue weighted by molar-refractivity contribution is -0.135. The first kappa shape index (κ1) is 17.5. The highest BCUT2D eigenvalue weighted by atomic mass is 79.9. The van der Waals surface area contributed by atoms with E-state index in [9.17, 15) is 13.2 Å². The van der Waals surface area contributed by atoms with Crippen molar-refractivity contribution in [2.45, 2.75) is 4.90 Å². The first-order chi connectivity index (χ1) is 11.9. The van der Waals surface area contributed by atoms with E-state index in [-0.39, 0.29) is 4.90 Å². The lowest BCUT2D eigenvalue weighted by Crippen LogP contribution is -2.26. The molecule has 0 spiro atoms. The second-order valence-corrected chi connectivity index (χ2v) is 7.97. The number of hydrogen-bond donors (Lipinski definition) is 0. The molecular formula is C17H14BrNO5S. The SMILES string of the molecule is COC(=O)C1=CN(c2cccc(OC)c2)c2cc(Br)ccc2S1(=O)=O. The molecule has 25 heavy (non-hydrogen) atoms. The van der Waals surface area contributed by atoms with Crippen LogP contribution in [-0.4, -0.2) is 28.6 Å². The number of hydrogen-bond acceptors (Lipinski definition) is 6. The van der Waals surface area contributed by atoms with Gasteiger partial charge in [-0.2, -0.15) is 0 Å². The van der Waals surface area contributed by atoms with E-state index in [4.69, 9.17) is 4.74 Å². The first-order valence-electron chi connectivity index (χ1n) is 7.16. The van der Waals surface area contributed by atoms with Gasteiger partial charge in [-0.25, -0.2) is 13.2 Å². The van der Waals surface area contributed by atoms with E-state index in [0.29, 0.717) is 21.6 Å². The summed E-state index contributed by atoms with van der Waals surface area (Å²) in [6.07, 6.45) is 1.27. The highest BCUT2D eigenvalue weighted by Crippen LogP contribution is 2.41. The van der Waals surface area contributed by atoms with Gasteiger partial charge in [0, 0.05) is 22.4 Å². The zero-order valence-corrected chi connectivity index (χ0v) is 15.8. The average Bonchev–Trinajstić information content (AvgIpc) is 2.61. The Balaban J connectivity index is 2.29. The Morgan fingerprint density at radius 3 is 2.56 bits per heavy atom. The van der Waals surface area contributed by atoms with Crippen LogP contribution in [0.25, 0.3) is 0 Å². The van der Waals surface area contributed by atoms with E-state index in [1.54, 1.807) is 48.4 Å². The second kappa shape index (κ2) is 6.53. The molecule has 0 saturated heterocycles. The summed E-state index contributed by atoms with van der Waals surface area (Å²) in [5.41, 5.74) is 1.07. The molecule has 0 saturated carbocycles. The topological polar surface area (TPSA) is 72.9 Å². The van der Waals surface area contributed by atoms with Gasteiger partial charge in [0.15, 0.2) is 4.91 Å². The van der Waals surface area contributed by atoms with E-state index in [1.165, 1.54) is 12.3 Å². The molecular weight excluding hydrogens is 410 g/mol. The Morgan fingerprint density at radius 1 is 1.12 bits per heavy atom. The Hall–Kier alpha value is -2.32. The molecule has 3 rings (SSSR count). The molecule has 0 aliphatic carbocycles. The zero-order valence-electron chi connectivity index (χ0n) is 13.4. The molecule has 0 atom stereocenters. The summed E-state index contributed by atoms with van der Waals surface area (Å²) in [6.45, 7) is 0. The van der Waals surface area contributed by atoms with Crippen LogP contribution in [0, 0.1) is 0 Å². The molecule has 6 nitrogen and oxygen atoms in total. The molecule has 2 aromatic carbocycles. The normalized spacial score (nSPS) is 15.2. The maximum Gasteiger partial charge on any atom is 0.351 e. The van der Waals surface area contributed by atoms with Crippen molar-refractivity contribution in [1.29, 1.82) is 0 Å². The highest BCUT2D eigenvalue weighted by molar-refractivity contribution is 9.10. The van der Waals surface area contributed by atoms with E-state index in [1.807, 2.05) is 0 Å². The number of methoxy groups -OCH3 is 2. The number of esters is 1. The van der Waals surface area contributed by atoms with Gasteiger partial charge >= 0.3 is 5.97 Å². The predicted octanol–water partition coefficient (Wildman–Crippen LogP) is 3.40. The van der Waals surface area contributed by atoms with Crippen molar-refractivity contribution in [3.63, 3.8) is 0 Å². The van der Waals surface area contributed by atoms with Crippen molar-refractivity contribution in [1.82, 2.24) is 0 Å². The maximum absolute atomic E-state index is 12.8. The number of nitrogens with zero attached hydrogens (tertiary/aromatic N) is 1. The number of anilines is 2. The quantitative estimate of drug-likeness (QED) is 0.704. The number of sulfone groups is 1. The number of benzene rings is 2. The van der Waals surface area contributed by atoms with E-state index >= 15 is 0 Å². The van der Waals surface area contributed by atoms with Crippen LogP contribution in [0.4, 0.5) is 11.4 Å². The lowest BCUT2D eigenvalue weighted by atomic mass is 10.2. The van der Waals surface area contributed by atoms with Crippen LogP contribution in [0.5, 0.6) is 5.75 Å². The van der Waals surface area contributed by atoms with E-state index < -0.39 is 20.7 Å². The third-order valence-corrected chi connectivity index (χ3v) is 5.99. The predicted molar refractivity (Wildman–Crippen MR) is 96.6 cm³/mol. The molecule has 0 aromatic heterocycles. The Kier molecular flexibility index (Phi) is 4.57. The van der Waals surface area contributed by atoms with E-state index in [2.05, 4.69) is 20.7 Å². The summed E-state index contributed by atoms with van der Waals surface area (Å²) in [5, 5.41) is 0. The zero-order chi connectivity index (χ0) is 18.2. The summed E-state index contributed by atoms with van der Waals surface area (Å²) < 4.78 is 36.1. The largest absolute Gasteiger partial charge is 0.497 e. The first-order valence-corrected chi connectivity index (χ1v) is 9.44. The number of rotatable bonds is 3. The molecule has 2 aromatic rings. The Bertz CT molecular complexity index is 984. The van der Waals surface area contributed by atoms with Crippen molar-refractivity contribution < 1.29 is 22.7 Å². The third kappa shape index (κ3) is 3.03. The summed E-state index contributed by atoms with van der Waals surface area (Å²) >= 11 is 3.36. The molecule has 0 unspecified atom stereocenters. The number of carbonyl (C=O) groups excluding carboxylic acids is 1. The molecule has 1 aliphatic heterocycles. The van der Waals surface area contributed by atoms with Crippen molar-refractivity contribution in [2.75, 3.05) is 19.1 Å². The van der Waals surface area contributed by atoms with Crippen molar-refractivity contribution >= 4 is 43.1 Å². The van der Waals surface area contributed by atoms with Gasteiger partial charge in [0.25, 0.3) is 0 Å². The molecule has 1 aliphatic rings. The third-order valence-electron chi connectivity index (χ3n) is 3.72. The van der Waals surface area contributed by atoms with Crippen LogP contribution in [0.2, 0.25) is 0 Å². The second-order valence-electron chi connectivity index (χ2n) is 5.17. The summed E-state index contributed by atoms with van der Waals surface area (Å²) in [7, 11) is -1.29. The number of halogens is 1. The van der Waals surface area contributed by atoms with Crippen LogP contribution >= 0.6 is 15.9 Å². The molecule has 8 heteroatoms. The monoisotopic (exact) mass is 423 g/mol. The van der Waals surface area contributed by atoms with Crippen molar-refractivity contribution in [3.05, 3.63) is 58.0 Å².